The number of aromatic amines is 1. The molecule has 0 spiro atoms. The van der Waals surface area contributed by atoms with Crippen molar-refractivity contribution in [1.82, 2.24) is 15.1 Å². The second-order valence-corrected chi connectivity index (χ2v) is 3.93. The van der Waals surface area contributed by atoms with E-state index < -0.39 is 5.97 Å². The van der Waals surface area contributed by atoms with Gasteiger partial charge in [0.25, 0.3) is 5.91 Å². The third kappa shape index (κ3) is 4.36. The summed E-state index contributed by atoms with van der Waals surface area (Å²) in [5.41, 5.74) is 1.11. The van der Waals surface area contributed by atoms with Crippen LogP contribution in [0.15, 0.2) is 6.20 Å². The zero-order valence-electron chi connectivity index (χ0n) is 11.4. The Bertz CT molecular complexity index is 430. The van der Waals surface area contributed by atoms with Crippen LogP contribution in [0.1, 0.15) is 23.0 Å². The summed E-state index contributed by atoms with van der Waals surface area (Å²) in [6, 6.07) is 0. The van der Waals surface area contributed by atoms with Gasteiger partial charge in [0, 0.05) is 19.3 Å². The van der Waals surface area contributed by atoms with Crippen molar-refractivity contribution in [2.45, 2.75) is 13.8 Å². The van der Waals surface area contributed by atoms with Crippen LogP contribution in [0.2, 0.25) is 0 Å². The zero-order chi connectivity index (χ0) is 14.3. The van der Waals surface area contributed by atoms with Crippen LogP contribution in [-0.4, -0.2) is 60.4 Å². The molecule has 1 aromatic heterocycles. The summed E-state index contributed by atoms with van der Waals surface area (Å²) in [6.45, 7) is 4.33. The number of nitrogens with one attached hydrogen (secondary N) is 1. The number of methoxy groups -OCH3 is 1. The molecular formula is C12H19N3O4. The Morgan fingerprint density at radius 2 is 2.21 bits per heavy atom. The molecule has 1 N–H and O–H groups in total. The fraction of sp³-hybridized carbons (Fsp3) is 0.583. The van der Waals surface area contributed by atoms with Crippen molar-refractivity contribution in [3.8, 4) is 0 Å². The third-order valence-corrected chi connectivity index (χ3v) is 2.54. The Morgan fingerprint density at radius 3 is 2.74 bits per heavy atom. The number of hydrogen-bond donors (Lipinski definition) is 1. The first-order valence-electron chi connectivity index (χ1n) is 6.04. The van der Waals surface area contributed by atoms with Crippen LogP contribution in [0.25, 0.3) is 0 Å². The lowest BCUT2D eigenvalue weighted by molar-refractivity contribution is -0.143. The van der Waals surface area contributed by atoms with E-state index in [4.69, 9.17) is 9.47 Å². The van der Waals surface area contributed by atoms with Gasteiger partial charge < -0.3 is 14.4 Å². The molecule has 1 heterocycles. The number of aryl methyl sites for hydroxylation is 1. The van der Waals surface area contributed by atoms with Gasteiger partial charge in [0.15, 0.2) is 0 Å². The van der Waals surface area contributed by atoms with Crippen molar-refractivity contribution in [2.75, 3.05) is 33.4 Å². The molecule has 0 bridgehead atoms. The molecule has 1 amide bonds. The topological polar surface area (TPSA) is 84.5 Å². The zero-order valence-corrected chi connectivity index (χ0v) is 11.4. The standard InChI is InChI=1S/C12H19N3O4/c1-4-19-11(16)8-15(5-6-18-3)12(17)10-7-13-14-9(10)2/h7H,4-6,8H2,1-3H3,(H,13,14). The Morgan fingerprint density at radius 1 is 1.47 bits per heavy atom. The minimum atomic E-state index is -0.437. The summed E-state index contributed by atoms with van der Waals surface area (Å²) in [5, 5.41) is 6.50. The molecule has 1 aromatic rings. The molecular weight excluding hydrogens is 250 g/mol. The predicted octanol–water partition coefficient (Wildman–Crippen LogP) is 0.370. The van der Waals surface area contributed by atoms with Crippen molar-refractivity contribution in [3.63, 3.8) is 0 Å². The van der Waals surface area contributed by atoms with Crippen LogP contribution in [0, 0.1) is 6.92 Å². The molecule has 0 saturated carbocycles. The molecule has 106 valence electrons. The summed E-state index contributed by atoms with van der Waals surface area (Å²) in [6.07, 6.45) is 1.45. The van der Waals surface area contributed by atoms with E-state index in [2.05, 4.69) is 10.2 Å². The molecule has 19 heavy (non-hydrogen) atoms. The molecule has 0 saturated heterocycles. The van der Waals surface area contributed by atoms with Crippen molar-refractivity contribution in [2.24, 2.45) is 0 Å². The summed E-state index contributed by atoms with van der Waals surface area (Å²) >= 11 is 0. The molecule has 0 aliphatic heterocycles. The van der Waals surface area contributed by atoms with Crippen LogP contribution in [0.4, 0.5) is 0 Å². The summed E-state index contributed by atoms with van der Waals surface area (Å²) in [4.78, 5) is 25.2. The number of esters is 1. The minimum Gasteiger partial charge on any atom is -0.465 e. The number of aromatic nitrogens is 2. The molecule has 0 aliphatic rings. The van der Waals surface area contributed by atoms with Crippen molar-refractivity contribution >= 4 is 11.9 Å². The van der Waals surface area contributed by atoms with Gasteiger partial charge in [0.1, 0.15) is 6.54 Å². The van der Waals surface area contributed by atoms with Gasteiger partial charge in [-0.1, -0.05) is 0 Å². The van der Waals surface area contributed by atoms with Crippen LogP contribution < -0.4 is 0 Å². The Balaban J connectivity index is 2.75. The Labute approximate surface area is 111 Å². The van der Waals surface area contributed by atoms with Gasteiger partial charge in [0.2, 0.25) is 0 Å². The molecule has 0 aromatic carbocycles. The van der Waals surface area contributed by atoms with Crippen molar-refractivity contribution in [3.05, 3.63) is 17.5 Å². The number of amides is 1. The maximum atomic E-state index is 12.3. The Kier molecular flexibility index (Phi) is 6.01. The van der Waals surface area contributed by atoms with E-state index in [0.29, 0.717) is 24.4 Å². The highest BCUT2D eigenvalue weighted by molar-refractivity contribution is 5.96. The van der Waals surface area contributed by atoms with E-state index >= 15 is 0 Å². The first-order chi connectivity index (χ1) is 9.10. The Hall–Kier alpha value is -1.89. The molecule has 0 fully saturated rings. The van der Waals surface area contributed by atoms with E-state index in [1.165, 1.54) is 18.2 Å². The van der Waals surface area contributed by atoms with Crippen LogP contribution >= 0.6 is 0 Å². The maximum absolute atomic E-state index is 12.3. The SMILES string of the molecule is CCOC(=O)CN(CCOC)C(=O)c1cn[nH]c1C. The monoisotopic (exact) mass is 269 g/mol. The normalized spacial score (nSPS) is 10.3. The van der Waals surface area contributed by atoms with E-state index in [1.807, 2.05) is 0 Å². The fourth-order valence-corrected chi connectivity index (χ4v) is 1.55. The average molecular weight is 269 g/mol. The molecule has 0 atom stereocenters. The van der Waals surface area contributed by atoms with Gasteiger partial charge >= 0.3 is 5.97 Å². The van der Waals surface area contributed by atoms with Gasteiger partial charge in [-0.3, -0.25) is 14.7 Å². The molecule has 7 heteroatoms. The van der Waals surface area contributed by atoms with Gasteiger partial charge in [0.05, 0.1) is 25.0 Å². The van der Waals surface area contributed by atoms with E-state index in [-0.39, 0.29) is 19.1 Å². The lowest BCUT2D eigenvalue weighted by Gasteiger charge is -2.21. The number of rotatable bonds is 7. The van der Waals surface area contributed by atoms with Gasteiger partial charge in [-0.05, 0) is 13.8 Å². The predicted molar refractivity (Wildman–Crippen MR) is 67.7 cm³/mol. The van der Waals surface area contributed by atoms with Crippen molar-refractivity contribution in [1.29, 1.82) is 0 Å². The van der Waals surface area contributed by atoms with E-state index in [9.17, 15) is 9.59 Å². The largest absolute Gasteiger partial charge is 0.465 e. The number of carbonyl (C=O) groups is 2. The molecule has 1 rings (SSSR count). The lowest BCUT2D eigenvalue weighted by atomic mass is 10.2. The number of hydrogen-bond acceptors (Lipinski definition) is 5. The first kappa shape index (κ1) is 15.2. The molecule has 0 unspecified atom stereocenters. The number of ether oxygens (including phenoxy) is 2. The second kappa shape index (κ2) is 7.52. The fourth-order valence-electron chi connectivity index (χ4n) is 1.55. The second-order valence-electron chi connectivity index (χ2n) is 3.93. The van der Waals surface area contributed by atoms with E-state index in [0.717, 1.165) is 0 Å². The third-order valence-electron chi connectivity index (χ3n) is 2.54. The molecule has 7 nitrogen and oxygen atoms in total. The highest BCUT2D eigenvalue weighted by atomic mass is 16.5. The van der Waals surface area contributed by atoms with Gasteiger partial charge in [-0.2, -0.15) is 5.10 Å². The van der Waals surface area contributed by atoms with Gasteiger partial charge in [-0.25, -0.2) is 0 Å². The highest BCUT2D eigenvalue weighted by Gasteiger charge is 2.21. The number of H-pyrrole nitrogens is 1. The van der Waals surface area contributed by atoms with E-state index in [1.54, 1.807) is 13.8 Å². The summed E-state index contributed by atoms with van der Waals surface area (Å²) < 4.78 is 9.80. The lowest BCUT2D eigenvalue weighted by Crippen LogP contribution is -2.38. The van der Waals surface area contributed by atoms with Crippen LogP contribution in [-0.2, 0) is 14.3 Å². The highest BCUT2D eigenvalue weighted by Crippen LogP contribution is 2.07. The van der Waals surface area contributed by atoms with Crippen molar-refractivity contribution < 1.29 is 19.1 Å². The van der Waals surface area contributed by atoms with Gasteiger partial charge in [-0.15, -0.1) is 0 Å². The summed E-state index contributed by atoms with van der Waals surface area (Å²) in [5.74, 6) is -0.704. The maximum Gasteiger partial charge on any atom is 0.325 e. The average Bonchev–Trinajstić information content (AvgIpc) is 2.80. The molecule has 0 radical (unpaired) electrons. The smallest absolute Gasteiger partial charge is 0.325 e. The number of carbonyl (C=O) groups excluding carboxylic acids is 2. The van der Waals surface area contributed by atoms with Crippen LogP contribution in [0.3, 0.4) is 0 Å². The molecule has 0 aliphatic carbocycles. The summed E-state index contributed by atoms with van der Waals surface area (Å²) in [7, 11) is 1.54. The number of nitrogens with zero attached hydrogens (tertiary/aromatic N) is 2. The van der Waals surface area contributed by atoms with Crippen LogP contribution in [0.5, 0.6) is 0 Å². The first-order valence-corrected chi connectivity index (χ1v) is 6.04. The minimum absolute atomic E-state index is 0.0966. The quantitative estimate of drug-likeness (QED) is 0.723.